The lowest BCUT2D eigenvalue weighted by molar-refractivity contribution is 0.0939. The number of nitriles is 1. The monoisotopic (exact) mass is 341 g/mol. The Hall–Kier alpha value is -2.83. The summed E-state index contributed by atoms with van der Waals surface area (Å²) < 4.78 is 0. The van der Waals surface area contributed by atoms with Crippen molar-refractivity contribution in [2.75, 3.05) is 0 Å². The van der Waals surface area contributed by atoms with E-state index in [1.165, 1.54) is 0 Å². The number of fused-ring (bicyclic) bond motifs is 2. The first-order chi connectivity index (χ1) is 12.3. The zero-order valence-electron chi connectivity index (χ0n) is 13.4. The summed E-state index contributed by atoms with van der Waals surface area (Å²) in [5.41, 5.74) is 2.70. The zero-order chi connectivity index (χ0) is 17.2. The van der Waals surface area contributed by atoms with Crippen molar-refractivity contribution in [3.8, 4) is 6.07 Å². The molecule has 0 saturated carbocycles. The van der Waals surface area contributed by atoms with E-state index in [4.69, 9.17) is 0 Å². The first-order valence-corrected chi connectivity index (χ1v) is 8.96. The van der Waals surface area contributed by atoms with Crippen molar-refractivity contribution in [1.29, 1.82) is 5.26 Å². The molecule has 1 aliphatic heterocycles. The van der Waals surface area contributed by atoms with Gasteiger partial charge in [0.05, 0.1) is 6.07 Å². The Morgan fingerprint density at radius 3 is 1.92 bits per heavy atom. The molecule has 2 nitrogen and oxygen atoms in total. The van der Waals surface area contributed by atoms with Crippen LogP contribution in [-0.4, -0.2) is 5.78 Å². The minimum atomic E-state index is -0.745. The smallest absolute Gasteiger partial charge is 0.180 e. The summed E-state index contributed by atoms with van der Waals surface area (Å²) >= 11 is 1.70. The summed E-state index contributed by atoms with van der Waals surface area (Å²) in [7, 11) is 0. The highest BCUT2D eigenvalue weighted by atomic mass is 32.2. The Kier molecular flexibility index (Phi) is 4.13. The van der Waals surface area contributed by atoms with Crippen molar-refractivity contribution in [1.82, 2.24) is 0 Å². The molecule has 25 heavy (non-hydrogen) atoms. The van der Waals surface area contributed by atoms with Crippen LogP contribution in [0, 0.1) is 17.2 Å². The highest BCUT2D eigenvalue weighted by molar-refractivity contribution is 7.99. The number of carbonyl (C=O) groups is 1. The van der Waals surface area contributed by atoms with Crippen LogP contribution in [0.5, 0.6) is 0 Å². The van der Waals surface area contributed by atoms with Crippen molar-refractivity contribution in [3.05, 3.63) is 95.6 Å². The maximum atomic E-state index is 13.1. The van der Waals surface area contributed by atoms with Crippen LogP contribution in [-0.2, 0) is 0 Å². The molecule has 0 spiro atoms. The number of nitrogens with zero attached hydrogens (tertiary/aromatic N) is 1. The van der Waals surface area contributed by atoms with Gasteiger partial charge in [-0.05, 0) is 23.3 Å². The lowest BCUT2D eigenvalue weighted by atomic mass is 9.77. The number of rotatable bonds is 3. The second-order valence-electron chi connectivity index (χ2n) is 5.99. The van der Waals surface area contributed by atoms with Gasteiger partial charge in [-0.25, -0.2) is 0 Å². The van der Waals surface area contributed by atoms with Gasteiger partial charge >= 0.3 is 0 Å². The van der Waals surface area contributed by atoms with E-state index in [9.17, 15) is 10.1 Å². The van der Waals surface area contributed by atoms with Crippen LogP contribution in [0.4, 0.5) is 0 Å². The number of hydrogen-bond acceptors (Lipinski definition) is 3. The van der Waals surface area contributed by atoms with Gasteiger partial charge in [0.15, 0.2) is 5.78 Å². The van der Waals surface area contributed by atoms with Crippen LogP contribution in [0.15, 0.2) is 88.7 Å². The van der Waals surface area contributed by atoms with Gasteiger partial charge < -0.3 is 0 Å². The molecule has 4 rings (SSSR count). The van der Waals surface area contributed by atoms with Gasteiger partial charge in [-0.2, -0.15) is 5.26 Å². The largest absolute Gasteiger partial charge is 0.293 e. The summed E-state index contributed by atoms with van der Waals surface area (Å²) in [6, 6.07) is 27.5. The number of carbonyl (C=O) groups excluding carboxylic acids is 1. The van der Waals surface area contributed by atoms with E-state index in [0.717, 1.165) is 20.9 Å². The summed E-state index contributed by atoms with van der Waals surface area (Å²) in [5.74, 6) is -1.11. The first-order valence-electron chi connectivity index (χ1n) is 8.14. The first kappa shape index (κ1) is 15.7. The number of benzene rings is 3. The highest BCUT2D eigenvalue weighted by Crippen LogP contribution is 2.48. The molecular weight excluding hydrogens is 326 g/mol. The minimum absolute atomic E-state index is 0.121. The van der Waals surface area contributed by atoms with E-state index in [-0.39, 0.29) is 11.7 Å². The fraction of sp³-hybridized carbons (Fsp3) is 0.0909. The molecule has 3 aromatic rings. The zero-order valence-corrected chi connectivity index (χ0v) is 14.2. The quantitative estimate of drug-likeness (QED) is 0.607. The predicted molar refractivity (Wildman–Crippen MR) is 98.7 cm³/mol. The van der Waals surface area contributed by atoms with Crippen molar-refractivity contribution >= 4 is 17.5 Å². The van der Waals surface area contributed by atoms with Crippen LogP contribution in [0.1, 0.15) is 27.4 Å². The SMILES string of the molecule is N#CC(C(=O)c1ccccc1)C1c2ccccc2Sc2ccccc21. The number of Topliss-reactive ketones (excluding diaryl/α,β-unsaturated/α-hetero) is 1. The molecule has 1 aliphatic rings. The maximum Gasteiger partial charge on any atom is 0.180 e. The summed E-state index contributed by atoms with van der Waals surface area (Å²) in [6.07, 6.45) is 0. The molecule has 1 heterocycles. The fourth-order valence-electron chi connectivity index (χ4n) is 3.37. The topological polar surface area (TPSA) is 40.9 Å². The average molecular weight is 341 g/mol. The van der Waals surface area contributed by atoms with Gasteiger partial charge in [0.25, 0.3) is 0 Å². The highest BCUT2D eigenvalue weighted by Gasteiger charge is 2.36. The fourth-order valence-corrected chi connectivity index (χ4v) is 4.53. The lowest BCUT2D eigenvalue weighted by Crippen LogP contribution is -2.24. The second-order valence-corrected chi connectivity index (χ2v) is 7.08. The minimum Gasteiger partial charge on any atom is -0.293 e. The molecule has 0 aliphatic carbocycles. The molecule has 0 aromatic heterocycles. The average Bonchev–Trinajstić information content (AvgIpc) is 2.68. The van der Waals surface area contributed by atoms with Crippen molar-refractivity contribution < 1.29 is 4.79 Å². The molecule has 0 radical (unpaired) electrons. The van der Waals surface area contributed by atoms with Crippen LogP contribution < -0.4 is 0 Å². The van der Waals surface area contributed by atoms with E-state index < -0.39 is 5.92 Å². The third-order valence-electron chi connectivity index (χ3n) is 4.54. The van der Waals surface area contributed by atoms with Crippen LogP contribution in [0.3, 0.4) is 0 Å². The van der Waals surface area contributed by atoms with Crippen molar-refractivity contribution in [2.24, 2.45) is 5.92 Å². The van der Waals surface area contributed by atoms with E-state index in [1.54, 1.807) is 23.9 Å². The summed E-state index contributed by atoms with van der Waals surface area (Å²) in [6.45, 7) is 0. The molecule has 120 valence electrons. The third kappa shape index (κ3) is 2.75. The van der Waals surface area contributed by atoms with Gasteiger partial charge in [-0.15, -0.1) is 0 Å². The maximum absolute atomic E-state index is 13.1. The van der Waals surface area contributed by atoms with E-state index in [0.29, 0.717) is 5.56 Å². The van der Waals surface area contributed by atoms with Gasteiger partial charge in [0.1, 0.15) is 5.92 Å². The Balaban J connectivity index is 1.86. The molecule has 3 aromatic carbocycles. The molecule has 3 heteroatoms. The van der Waals surface area contributed by atoms with Crippen LogP contribution >= 0.6 is 11.8 Å². The normalized spacial score (nSPS) is 14.0. The van der Waals surface area contributed by atoms with Crippen molar-refractivity contribution in [2.45, 2.75) is 15.7 Å². The second kappa shape index (κ2) is 6.58. The van der Waals surface area contributed by atoms with Gasteiger partial charge in [0, 0.05) is 21.3 Å². The lowest BCUT2D eigenvalue weighted by Gasteiger charge is -2.30. The number of hydrogen-bond donors (Lipinski definition) is 0. The Morgan fingerprint density at radius 1 is 0.840 bits per heavy atom. The van der Waals surface area contributed by atoms with Gasteiger partial charge in [0.2, 0.25) is 0 Å². The van der Waals surface area contributed by atoms with Crippen molar-refractivity contribution in [3.63, 3.8) is 0 Å². The van der Waals surface area contributed by atoms with E-state index in [1.807, 2.05) is 54.6 Å². The Bertz CT molecular complexity index is 929. The molecule has 0 bridgehead atoms. The summed E-state index contributed by atoms with van der Waals surface area (Å²) in [4.78, 5) is 15.3. The Labute approximate surface area is 151 Å². The predicted octanol–water partition coefficient (Wildman–Crippen LogP) is 5.31. The summed E-state index contributed by atoms with van der Waals surface area (Å²) in [5, 5.41) is 9.88. The standard InChI is InChI=1S/C22H15NOS/c23-14-18(22(24)15-8-2-1-3-9-15)21-16-10-4-6-12-19(16)25-20-13-7-5-11-17(20)21/h1-13,18,21H. The molecule has 1 unspecified atom stereocenters. The van der Waals surface area contributed by atoms with E-state index in [2.05, 4.69) is 18.2 Å². The molecular formula is C22H15NOS. The van der Waals surface area contributed by atoms with Gasteiger partial charge in [-0.3, -0.25) is 4.79 Å². The van der Waals surface area contributed by atoms with Crippen LogP contribution in [0.2, 0.25) is 0 Å². The van der Waals surface area contributed by atoms with E-state index >= 15 is 0 Å². The molecule has 0 amide bonds. The van der Waals surface area contributed by atoms with Crippen LogP contribution in [0.25, 0.3) is 0 Å². The number of ketones is 1. The molecule has 0 N–H and O–H groups in total. The molecule has 1 atom stereocenters. The Morgan fingerprint density at radius 2 is 1.36 bits per heavy atom. The third-order valence-corrected chi connectivity index (χ3v) is 5.72. The van der Waals surface area contributed by atoms with Gasteiger partial charge in [-0.1, -0.05) is 78.5 Å². The molecule has 0 saturated heterocycles. The molecule has 0 fully saturated rings.